The van der Waals surface area contributed by atoms with E-state index >= 15 is 0 Å². The molecule has 7 heteroatoms. The van der Waals surface area contributed by atoms with Gasteiger partial charge in [0.25, 0.3) is 0 Å². The number of nitrogens with one attached hydrogen (secondary N) is 1. The number of likely N-dealkylation sites (tertiary alicyclic amines) is 1. The predicted molar refractivity (Wildman–Crippen MR) is 107 cm³/mol. The largest absolute Gasteiger partial charge is 0.370 e. The van der Waals surface area contributed by atoms with E-state index in [9.17, 15) is 14.0 Å². The third kappa shape index (κ3) is 4.56. The zero-order valence-electron chi connectivity index (χ0n) is 16.1. The van der Waals surface area contributed by atoms with Crippen LogP contribution in [0.4, 0.5) is 14.9 Å². The van der Waals surface area contributed by atoms with Crippen LogP contribution in [0.25, 0.3) is 0 Å². The monoisotopic (exact) mass is 397 g/mol. The van der Waals surface area contributed by atoms with Crippen LogP contribution in [0.3, 0.4) is 0 Å². The van der Waals surface area contributed by atoms with Gasteiger partial charge in [-0.2, -0.15) is 0 Å². The van der Waals surface area contributed by atoms with Crippen LogP contribution in [0, 0.1) is 5.82 Å². The molecule has 152 valence electrons. The number of halogens is 1. The maximum absolute atomic E-state index is 14.0. The molecular weight excluding hydrogens is 373 g/mol. The molecule has 0 bridgehead atoms. The van der Waals surface area contributed by atoms with Crippen molar-refractivity contribution in [3.8, 4) is 0 Å². The van der Waals surface area contributed by atoms with E-state index in [0.717, 1.165) is 18.5 Å². The van der Waals surface area contributed by atoms with Gasteiger partial charge in [-0.25, -0.2) is 9.18 Å². The maximum atomic E-state index is 14.0. The van der Waals surface area contributed by atoms with Gasteiger partial charge < -0.3 is 19.9 Å². The first kappa shape index (κ1) is 19.4. The molecule has 29 heavy (non-hydrogen) atoms. The van der Waals surface area contributed by atoms with Crippen molar-refractivity contribution in [1.82, 2.24) is 9.80 Å². The summed E-state index contributed by atoms with van der Waals surface area (Å²) in [6.45, 7) is 2.50. The maximum Gasteiger partial charge on any atom is 0.322 e. The molecule has 6 nitrogen and oxygen atoms in total. The van der Waals surface area contributed by atoms with Crippen LogP contribution in [-0.4, -0.2) is 48.0 Å². The van der Waals surface area contributed by atoms with Gasteiger partial charge in [0.1, 0.15) is 11.9 Å². The molecule has 2 heterocycles. The minimum absolute atomic E-state index is 0.194. The number of carbonyl (C=O) groups is 2. The van der Waals surface area contributed by atoms with Gasteiger partial charge in [-0.05, 0) is 30.2 Å². The second-order valence-electron chi connectivity index (χ2n) is 7.37. The minimum Gasteiger partial charge on any atom is -0.370 e. The number of nitrogens with zero attached hydrogens (tertiary/aromatic N) is 2. The Morgan fingerprint density at radius 1 is 1.14 bits per heavy atom. The van der Waals surface area contributed by atoms with E-state index in [0.29, 0.717) is 43.9 Å². The van der Waals surface area contributed by atoms with E-state index in [1.165, 1.54) is 6.07 Å². The molecule has 2 aromatic rings. The molecule has 2 aromatic carbocycles. The van der Waals surface area contributed by atoms with E-state index in [2.05, 4.69) is 5.32 Å². The third-order valence-electron chi connectivity index (χ3n) is 5.36. The number of benzene rings is 2. The molecule has 2 aliphatic heterocycles. The smallest absolute Gasteiger partial charge is 0.322 e. The Labute approximate surface area is 169 Å². The highest BCUT2D eigenvalue weighted by molar-refractivity contribution is 5.89. The standard InChI is InChI=1S/C22H24FN3O3/c23-19-5-2-1-4-18(19)20-15-26(12-13-29-20)22(28)24-17-9-7-16(8-10-17)14-25-11-3-6-21(25)27/h1-2,4-5,7-10,20H,3,6,11-15H2,(H,24,28). The first-order valence-electron chi connectivity index (χ1n) is 9.89. The van der Waals surface area contributed by atoms with Crippen molar-refractivity contribution in [3.63, 3.8) is 0 Å². The Morgan fingerprint density at radius 2 is 1.93 bits per heavy atom. The van der Waals surface area contributed by atoms with Gasteiger partial charge in [-0.3, -0.25) is 4.79 Å². The number of amides is 3. The molecule has 2 aliphatic rings. The lowest BCUT2D eigenvalue weighted by molar-refractivity contribution is -0.128. The molecule has 3 amide bonds. The SMILES string of the molecule is O=C1CCCN1Cc1ccc(NC(=O)N2CCOC(c3ccccc3F)C2)cc1. The van der Waals surface area contributed by atoms with Crippen molar-refractivity contribution in [2.75, 3.05) is 31.6 Å². The summed E-state index contributed by atoms with van der Waals surface area (Å²) in [4.78, 5) is 27.9. The molecule has 1 N–H and O–H groups in total. The number of urea groups is 1. The van der Waals surface area contributed by atoms with Crippen molar-refractivity contribution >= 4 is 17.6 Å². The predicted octanol–water partition coefficient (Wildman–Crippen LogP) is 3.55. The lowest BCUT2D eigenvalue weighted by atomic mass is 10.1. The van der Waals surface area contributed by atoms with Crippen LogP contribution in [-0.2, 0) is 16.1 Å². The fourth-order valence-corrected chi connectivity index (χ4v) is 3.75. The molecule has 0 saturated carbocycles. The normalized spacial score (nSPS) is 19.5. The lowest BCUT2D eigenvalue weighted by Gasteiger charge is -2.33. The Morgan fingerprint density at radius 3 is 2.66 bits per heavy atom. The number of morpholine rings is 1. The first-order chi connectivity index (χ1) is 14.1. The Hall–Kier alpha value is -2.93. The number of hydrogen-bond donors (Lipinski definition) is 1. The summed E-state index contributed by atoms with van der Waals surface area (Å²) < 4.78 is 19.7. The summed E-state index contributed by atoms with van der Waals surface area (Å²) >= 11 is 0. The minimum atomic E-state index is -0.476. The zero-order chi connectivity index (χ0) is 20.2. The number of ether oxygens (including phenoxy) is 1. The van der Waals surface area contributed by atoms with Gasteiger partial charge in [0, 0.05) is 37.3 Å². The summed E-state index contributed by atoms with van der Waals surface area (Å²) in [6.07, 6.45) is 1.07. The van der Waals surface area contributed by atoms with Crippen molar-refractivity contribution in [1.29, 1.82) is 0 Å². The van der Waals surface area contributed by atoms with Crippen molar-refractivity contribution in [2.45, 2.75) is 25.5 Å². The van der Waals surface area contributed by atoms with Gasteiger partial charge in [-0.1, -0.05) is 30.3 Å². The van der Waals surface area contributed by atoms with Crippen molar-refractivity contribution < 1.29 is 18.7 Å². The topological polar surface area (TPSA) is 61.9 Å². The molecule has 1 unspecified atom stereocenters. The molecule has 0 aromatic heterocycles. The third-order valence-corrected chi connectivity index (χ3v) is 5.36. The number of anilines is 1. The van der Waals surface area contributed by atoms with Crippen LogP contribution in [0.5, 0.6) is 0 Å². The molecule has 0 aliphatic carbocycles. The van der Waals surface area contributed by atoms with E-state index < -0.39 is 6.10 Å². The quantitative estimate of drug-likeness (QED) is 0.858. The lowest BCUT2D eigenvalue weighted by Crippen LogP contribution is -2.44. The average Bonchev–Trinajstić information content (AvgIpc) is 3.14. The highest BCUT2D eigenvalue weighted by Crippen LogP contribution is 2.25. The van der Waals surface area contributed by atoms with Crippen LogP contribution < -0.4 is 5.32 Å². The van der Waals surface area contributed by atoms with Gasteiger partial charge in [0.05, 0.1) is 13.2 Å². The highest BCUT2D eigenvalue weighted by Gasteiger charge is 2.27. The van der Waals surface area contributed by atoms with Gasteiger partial charge in [-0.15, -0.1) is 0 Å². The second kappa shape index (κ2) is 8.61. The molecule has 4 rings (SSSR count). The highest BCUT2D eigenvalue weighted by atomic mass is 19.1. The van der Waals surface area contributed by atoms with Gasteiger partial charge >= 0.3 is 6.03 Å². The van der Waals surface area contributed by atoms with E-state index in [1.54, 1.807) is 23.1 Å². The Balaban J connectivity index is 1.35. The summed E-state index contributed by atoms with van der Waals surface area (Å²) in [7, 11) is 0. The van der Waals surface area contributed by atoms with E-state index in [4.69, 9.17) is 4.74 Å². The van der Waals surface area contributed by atoms with Gasteiger partial charge in [0.15, 0.2) is 0 Å². The average molecular weight is 397 g/mol. The second-order valence-corrected chi connectivity index (χ2v) is 7.37. The Kier molecular flexibility index (Phi) is 5.76. The fraction of sp³-hybridized carbons (Fsp3) is 0.364. The molecule has 1 atom stereocenters. The summed E-state index contributed by atoms with van der Waals surface area (Å²) in [5.74, 6) is -0.133. The number of rotatable bonds is 4. The van der Waals surface area contributed by atoms with Crippen LogP contribution >= 0.6 is 0 Å². The van der Waals surface area contributed by atoms with Crippen molar-refractivity contribution in [2.24, 2.45) is 0 Å². The first-order valence-corrected chi connectivity index (χ1v) is 9.89. The summed E-state index contributed by atoms with van der Waals surface area (Å²) in [5.41, 5.74) is 2.18. The Bertz CT molecular complexity index is 887. The zero-order valence-corrected chi connectivity index (χ0v) is 16.1. The van der Waals surface area contributed by atoms with E-state index in [-0.39, 0.29) is 17.8 Å². The van der Waals surface area contributed by atoms with Crippen LogP contribution in [0.2, 0.25) is 0 Å². The summed E-state index contributed by atoms with van der Waals surface area (Å²) in [6, 6.07) is 13.8. The van der Waals surface area contributed by atoms with Gasteiger partial charge in [0.2, 0.25) is 5.91 Å². The van der Waals surface area contributed by atoms with Crippen LogP contribution in [0.15, 0.2) is 48.5 Å². The molecule has 2 fully saturated rings. The fourth-order valence-electron chi connectivity index (χ4n) is 3.75. The number of carbonyl (C=O) groups excluding carboxylic acids is 2. The van der Waals surface area contributed by atoms with Crippen LogP contribution in [0.1, 0.15) is 30.1 Å². The number of hydrogen-bond acceptors (Lipinski definition) is 3. The molecule has 0 radical (unpaired) electrons. The summed E-state index contributed by atoms with van der Waals surface area (Å²) in [5, 5.41) is 2.89. The van der Waals surface area contributed by atoms with E-state index in [1.807, 2.05) is 29.2 Å². The van der Waals surface area contributed by atoms with Crippen molar-refractivity contribution in [3.05, 3.63) is 65.5 Å². The molecule has 2 saturated heterocycles. The molecular formula is C22H24FN3O3. The molecule has 0 spiro atoms.